The summed E-state index contributed by atoms with van der Waals surface area (Å²) in [6.07, 6.45) is 1.06. The molecule has 2 aromatic rings. The van der Waals surface area contributed by atoms with Gasteiger partial charge in [-0.05, 0) is 37.7 Å². The number of nitrogens with zero attached hydrogens (tertiary/aromatic N) is 1. The lowest BCUT2D eigenvalue weighted by molar-refractivity contribution is 0.0943. The number of anilines is 1. The molecule has 2 N–H and O–H groups in total. The molecule has 0 aliphatic carbocycles. The van der Waals surface area contributed by atoms with Crippen molar-refractivity contribution in [1.29, 1.82) is 0 Å². The molecule has 1 heterocycles. The highest BCUT2D eigenvalue weighted by Gasteiger charge is 2.18. The molecule has 1 aromatic heterocycles. The molecular formula is C16H21N3O3S2. The number of hydrogen-bond donors (Lipinski definition) is 2. The zero-order chi connectivity index (χ0) is 17.7. The molecule has 0 radical (unpaired) electrons. The second kappa shape index (κ2) is 7.78. The molecule has 24 heavy (non-hydrogen) atoms. The minimum absolute atomic E-state index is 0.0592. The number of amides is 1. The predicted molar refractivity (Wildman–Crippen MR) is 98.0 cm³/mol. The van der Waals surface area contributed by atoms with E-state index < -0.39 is 10.0 Å². The number of likely N-dealkylation sites (N-methyl/N-ethyl adjacent to an activating group) is 1. The molecule has 6 nitrogen and oxygen atoms in total. The summed E-state index contributed by atoms with van der Waals surface area (Å²) < 4.78 is 25.2. The third kappa shape index (κ3) is 5.05. The summed E-state index contributed by atoms with van der Waals surface area (Å²) in [7, 11) is 0.458. The number of benzene rings is 1. The van der Waals surface area contributed by atoms with Crippen molar-refractivity contribution in [3.63, 3.8) is 0 Å². The number of rotatable bonds is 7. The van der Waals surface area contributed by atoms with Gasteiger partial charge in [0.1, 0.15) is 0 Å². The fourth-order valence-corrected chi connectivity index (χ4v) is 3.77. The number of carbonyl (C=O) groups excluding carboxylic acids is 1. The molecule has 1 unspecified atom stereocenters. The lowest BCUT2D eigenvalue weighted by atomic mass is 10.1. The molecule has 0 spiro atoms. The summed E-state index contributed by atoms with van der Waals surface area (Å²) >= 11 is 1.63. The molecule has 0 bridgehead atoms. The van der Waals surface area contributed by atoms with Crippen LogP contribution < -0.4 is 10.0 Å². The van der Waals surface area contributed by atoms with Crippen molar-refractivity contribution < 1.29 is 13.2 Å². The number of carbonyl (C=O) groups is 1. The molecule has 1 aromatic carbocycles. The number of para-hydroxylation sites is 1. The van der Waals surface area contributed by atoms with E-state index in [0.717, 1.165) is 11.1 Å². The second-order valence-electron chi connectivity index (χ2n) is 5.62. The predicted octanol–water partition coefficient (Wildman–Crippen LogP) is 2.15. The summed E-state index contributed by atoms with van der Waals surface area (Å²) in [6, 6.07) is 10.6. The van der Waals surface area contributed by atoms with Crippen LogP contribution in [0.2, 0.25) is 0 Å². The molecule has 2 rings (SSSR count). The molecule has 8 heteroatoms. The number of hydrogen-bond acceptors (Lipinski definition) is 5. The van der Waals surface area contributed by atoms with E-state index in [1.165, 1.54) is 0 Å². The van der Waals surface area contributed by atoms with Crippen molar-refractivity contribution in [3.8, 4) is 0 Å². The van der Waals surface area contributed by atoms with E-state index in [1.807, 2.05) is 36.5 Å². The Morgan fingerprint density at radius 1 is 1.21 bits per heavy atom. The quantitative estimate of drug-likeness (QED) is 0.786. The van der Waals surface area contributed by atoms with Crippen molar-refractivity contribution in [3.05, 3.63) is 52.2 Å². The van der Waals surface area contributed by atoms with E-state index in [2.05, 4.69) is 10.0 Å². The van der Waals surface area contributed by atoms with E-state index in [4.69, 9.17) is 0 Å². The van der Waals surface area contributed by atoms with Gasteiger partial charge in [0.05, 0.1) is 23.5 Å². The van der Waals surface area contributed by atoms with E-state index in [0.29, 0.717) is 12.1 Å². The number of nitrogens with one attached hydrogen (secondary N) is 2. The van der Waals surface area contributed by atoms with Crippen molar-refractivity contribution >= 4 is 33.0 Å². The average Bonchev–Trinajstić information content (AvgIpc) is 3.00. The van der Waals surface area contributed by atoms with E-state index in [-0.39, 0.29) is 17.6 Å². The van der Waals surface area contributed by atoms with E-state index in [1.54, 1.807) is 35.6 Å². The van der Waals surface area contributed by atoms with Gasteiger partial charge in [0.2, 0.25) is 10.0 Å². The molecule has 1 amide bonds. The van der Waals surface area contributed by atoms with Gasteiger partial charge in [0.25, 0.3) is 5.91 Å². The van der Waals surface area contributed by atoms with Gasteiger partial charge in [-0.2, -0.15) is 0 Å². The lowest BCUT2D eigenvalue weighted by Crippen LogP contribution is -2.34. The van der Waals surface area contributed by atoms with Gasteiger partial charge in [-0.25, -0.2) is 8.42 Å². The SMILES string of the molecule is CN(C)C(CNC(=O)c1ccccc1NS(C)(=O)=O)c1cccs1. The van der Waals surface area contributed by atoms with Gasteiger partial charge >= 0.3 is 0 Å². The fraction of sp³-hybridized carbons (Fsp3) is 0.312. The molecule has 0 fully saturated rings. The van der Waals surface area contributed by atoms with Gasteiger partial charge in [-0.1, -0.05) is 18.2 Å². The molecule has 0 aliphatic rings. The van der Waals surface area contributed by atoms with Crippen LogP contribution in [0.25, 0.3) is 0 Å². The summed E-state index contributed by atoms with van der Waals surface area (Å²) in [5.74, 6) is -0.315. The Morgan fingerprint density at radius 3 is 2.50 bits per heavy atom. The van der Waals surface area contributed by atoms with Crippen molar-refractivity contribution in [2.75, 3.05) is 31.6 Å². The van der Waals surface area contributed by atoms with Crippen molar-refractivity contribution in [2.45, 2.75) is 6.04 Å². The smallest absolute Gasteiger partial charge is 0.253 e. The van der Waals surface area contributed by atoms with Crippen LogP contribution in [-0.2, 0) is 10.0 Å². The summed E-state index contributed by atoms with van der Waals surface area (Å²) in [4.78, 5) is 15.7. The van der Waals surface area contributed by atoms with Gasteiger partial charge in [-0.15, -0.1) is 11.3 Å². The molecule has 0 aliphatic heterocycles. The second-order valence-corrected chi connectivity index (χ2v) is 8.35. The normalized spacial score (nSPS) is 12.8. The maximum atomic E-state index is 12.5. The van der Waals surface area contributed by atoms with Crippen LogP contribution in [-0.4, -0.2) is 46.1 Å². The van der Waals surface area contributed by atoms with Crippen LogP contribution >= 0.6 is 11.3 Å². The highest BCUT2D eigenvalue weighted by atomic mass is 32.2. The van der Waals surface area contributed by atoms with Crippen LogP contribution in [0, 0.1) is 0 Å². The zero-order valence-corrected chi connectivity index (χ0v) is 15.4. The van der Waals surface area contributed by atoms with Crippen molar-refractivity contribution in [1.82, 2.24) is 10.2 Å². The maximum absolute atomic E-state index is 12.5. The Balaban J connectivity index is 2.12. The molecule has 130 valence electrons. The van der Waals surface area contributed by atoms with Crippen LogP contribution in [0.1, 0.15) is 21.3 Å². The molecule has 0 saturated carbocycles. The zero-order valence-electron chi connectivity index (χ0n) is 13.8. The molecular weight excluding hydrogens is 346 g/mol. The van der Waals surface area contributed by atoms with Crippen LogP contribution in [0.5, 0.6) is 0 Å². The molecule has 0 saturated heterocycles. The first-order chi connectivity index (χ1) is 11.3. The van der Waals surface area contributed by atoms with Crippen LogP contribution in [0.3, 0.4) is 0 Å². The van der Waals surface area contributed by atoms with E-state index >= 15 is 0 Å². The van der Waals surface area contributed by atoms with Crippen LogP contribution in [0.4, 0.5) is 5.69 Å². The fourth-order valence-electron chi connectivity index (χ4n) is 2.27. The maximum Gasteiger partial charge on any atom is 0.253 e. The third-order valence-corrected chi connectivity index (χ3v) is 4.98. The highest BCUT2D eigenvalue weighted by molar-refractivity contribution is 7.92. The summed E-state index contributed by atoms with van der Waals surface area (Å²) in [6.45, 7) is 0.430. The topological polar surface area (TPSA) is 78.5 Å². The Hall–Kier alpha value is -1.90. The Labute approximate surface area is 146 Å². The first-order valence-electron chi connectivity index (χ1n) is 7.33. The third-order valence-electron chi connectivity index (χ3n) is 3.42. The summed E-state index contributed by atoms with van der Waals surface area (Å²) in [5, 5.41) is 4.89. The first kappa shape index (κ1) is 18.4. The lowest BCUT2D eigenvalue weighted by Gasteiger charge is -2.23. The molecule has 1 atom stereocenters. The minimum Gasteiger partial charge on any atom is -0.350 e. The van der Waals surface area contributed by atoms with E-state index in [9.17, 15) is 13.2 Å². The largest absolute Gasteiger partial charge is 0.350 e. The van der Waals surface area contributed by atoms with Gasteiger partial charge in [0, 0.05) is 11.4 Å². The van der Waals surface area contributed by atoms with Gasteiger partial charge in [-0.3, -0.25) is 9.52 Å². The Kier molecular flexibility index (Phi) is 5.98. The first-order valence-corrected chi connectivity index (χ1v) is 10.1. The van der Waals surface area contributed by atoms with Gasteiger partial charge in [0.15, 0.2) is 0 Å². The standard InChI is InChI=1S/C16H21N3O3S2/c1-19(2)14(15-9-6-10-23-15)11-17-16(20)12-7-4-5-8-13(12)18-24(3,21)22/h4-10,14,18H,11H2,1-3H3,(H,17,20). The highest BCUT2D eigenvalue weighted by Crippen LogP contribution is 2.23. The summed E-state index contributed by atoms with van der Waals surface area (Å²) in [5.41, 5.74) is 0.571. The Morgan fingerprint density at radius 2 is 1.92 bits per heavy atom. The average molecular weight is 367 g/mol. The Bertz CT molecular complexity index is 787. The number of sulfonamides is 1. The van der Waals surface area contributed by atoms with Crippen molar-refractivity contribution in [2.24, 2.45) is 0 Å². The van der Waals surface area contributed by atoms with Crippen LogP contribution in [0.15, 0.2) is 41.8 Å². The van der Waals surface area contributed by atoms with Gasteiger partial charge < -0.3 is 10.2 Å². The monoisotopic (exact) mass is 367 g/mol. The minimum atomic E-state index is -3.45. The number of thiophene rings is 1.